The van der Waals surface area contributed by atoms with Gasteiger partial charge in [-0.2, -0.15) is 18.3 Å². The Kier molecular flexibility index (Phi) is 7.75. The monoisotopic (exact) mass is 546 g/mol. The fourth-order valence-corrected chi connectivity index (χ4v) is 4.34. The van der Waals surface area contributed by atoms with Crippen LogP contribution in [0.4, 0.5) is 24.0 Å². The number of ether oxygens (including phenoxy) is 1. The van der Waals surface area contributed by atoms with Gasteiger partial charge in [-0.15, -0.1) is 11.3 Å². The molecule has 0 atom stereocenters. The van der Waals surface area contributed by atoms with Crippen LogP contribution in [0, 0.1) is 0 Å². The van der Waals surface area contributed by atoms with Crippen LogP contribution >= 0.6 is 38.9 Å². The molecular formula is C20H15BrClF3N4O2S. The fourth-order valence-electron chi connectivity index (χ4n) is 2.61. The van der Waals surface area contributed by atoms with Crippen LogP contribution in [0.25, 0.3) is 0 Å². The number of hydrogen-bond donors (Lipinski definition) is 2. The second-order valence-electron chi connectivity index (χ2n) is 6.33. The molecule has 6 nitrogen and oxygen atoms in total. The van der Waals surface area contributed by atoms with Crippen molar-refractivity contribution in [2.45, 2.75) is 12.6 Å². The van der Waals surface area contributed by atoms with Crippen LogP contribution in [0.2, 0.25) is 5.02 Å². The number of amides is 1. The summed E-state index contributed by atoms with van der Waals surface area (Å²) in [5.74, 6) is 0.0921. The van der Waals surface area contributed by atoms with E-state index in [1.165, 1.54) is 36.8 Å². The number of rotatable bonds is 7. The van der Waals surface area contributed by atoms with Crippen LogP contribution in [0.3, 0.4) is 0 Å². The average Bonchev–Trinajstić information content (AvgIpc) is 3.14. The molecule has 1 amide bonds. The van der Waals surface area contributed by atoms with Crippen molar-refractivity contribution >= 4 is 61.8 Å². The van der Waals surface area contributed by atoms with Gasteiger partial charge in [0.05, 0.1) is 35.5 Å². The Labute approximate surface area is 198 Å². The van der Waals surface area contributed by atoms with Crippen molar-refractivity contribution in [1.29, 1.82) is 0 Å². The van der Waals surface area contributed by atoms with Gasteiger partial charge in [0.15, 0.2) is 5.13 Å². The number of thiazole rings is 1. The lowest BCUT2D eigenvalue weighted by atomic mass is 10.2. The van der Waals surface area contributed by atoms with Crippen LogP contribution < -0.4 is 15.5 Å². The van der Waals surface area contributed by atoms with Gasteiger partial charge in [-0.05, 0) is 46.3 Å². The molecule has 3 aromatic rings. The molecule has 1 heterocycles. The zero-order chi connectivity index (χ0) is 23.3. The van der Waals surface area contributed by atoms with Gasteiger partial charge in [-0.25, -0.2) is 10.4 Å². The molecule has 0 aliphatic heterocycles. The Hall–Kier alpha value is -2.63. The van der Waals surface area contributed by atoms with E-state index in [1.807, 2.05) is 0 Å². The van der Waals surface area contributed by atoms with Crippen molar-refractivity contribution in [3.63, 3.8) is 0 Å². The minimum absolute atomic E-state index is 0.0610. The van der Waals surface area contributed by atoms with E-state index in [9.17, 15) is 18.0 Å². The number of nitrogens with one attached hydrogen (secondary N) is 2. The van der Waals surface area contributed by atoms with Gasteiger partial charge in [0.1, 0.15) is 5.75 Å². The maximum absolute atomic E-state index is 12.8. The molecule has 3 rings (SSSR count). The standard InChI is InChI=1S/C20H15BrClF3N4O2S/c1-31-18-11(5-13(22)7-16(18)21)9-26-29-17(30)8-15-10-32-19(28-15)27-14-4-2-3-12(6-14)20(23,24)25/h2-7,9-10H,8H2,1H3,(H,27,28)(H,29,30)/b26-9-. The summed E-state index contributed by atoms with van der Waals surface area (Å²) >= 11 is 10.5. The fraction of sp³-hybridized carbons (Fsp3) is 0.150. The summed E-state index contributed by atoms with van der Waals surface area (Å²) in [4.78, 5) is 16.4. The zero-order valence-corrected chi connectivity index (χ0v) is 19.5. The first-order valence-corrected chi connectivity index (χ1v) is 10.9. The van der Waals surface area contributed by atoms with E-state index < -0.39 is 17.6 Å². The molecule has 12 heteroatoms. The van der Waals surface area contributed by atoms with Gasteiger partial charge in [0, 0.05) is 21.7 Å². The molecule has 2 N–H and O–H groups in total. The predicted molar refractivity (Wildman–Crippen MR) is 122 cm³/mol. The van der Waals surface area contributed by atoms with E-state index in [4.69, 9.17) is 16.3 Å². The summed E-state index contributed by atoms with van der Waals surface area (Å²) in [5.41, 5.74) is 2.88. The predicted octanol–water partition coefficient (Wildman–Crippen LogP) is 6.02. The summed E-state index contributed by atoms with van der Waals surface area (Å²) in [6.07, 6.45) is -3.10. The van der Waals surface area contributed by atoms with Gasteiger partial charge in [-0.1, -0.05) is 17.7 Å². The van der Waals surface area contributed by atoms with Crippen LogP contribution in [-0.4, -0.2) is 24.2 Å². The molecule has 0 aliphatic rings. The topological polar surface area (TPSA) is 75.6 Å². The lowest BCUT2D eigenvalue weighted by Gasteiger charge is -2.08. The van der Waals surface area contributed by atoms with Gasteiger partial charge < -0.3 is 10.1 Å². The highest BCUT2D eigenvalue weighted by atomic mass is 79.9. The van der Waals surface area contributed by atoms with E-state index in [-0.39, 0.29) is 12.1 Å². The zero-order valence-electron chi connectivity index (χ0n) is 16.3. The molecule has 0 radical (unpaired) electrons. The van der Waals surface area contributed by atoms with E-state index in [1.54, 1.807) is 17.5 Å². The molecule has 32 heavy (non-hydrogen) atoms. The number of halogens is 5. The molecule has 168 valence electrons. The SMILES string of the molecule is COc1c(Br)cc(Cl)cc1/C=N\NC(=O)Cc1csc(Nc2cccc(C(F)(F)F)c2)n1. The minimum Gasteiger partial charge on any atom is -0.495 e. The Balaban J connectivity index is 1.59. The first-order chi connectivity index (χ1) is 15.2. The molecule has 0 unspecified atom stereocenters. The van der Waals surface area contributed by atoms with Crippen LogP contribution in [0.15, 0.2) is 51.4 Å². The van der Waals surface area contributed by atoms with Crippen molar-refractivity contribution < 1.29 is 22.7 Å². The van der Waals surface area contributed by atoms with Crippen LogP contribution in [-0.2, 0) is 17.4 Å². The number of aromatic nitrogens is 1. The van der Waals surface area contributed by atoms with E-state index in [2.05, 4.69) is 36.8 Å². The summed E-state index contributed by atoms with van der Waals surface area (Å²) in [6, 6.07) is 8.08. The number of benzene rings is 2. The number of nitrogens with zero attached hydrogens (tertiary/aromatic N) is 2. The third-order valence-corrected chi connectivity index (χ3v) is 5.58. The quantitative estimate of drug-likeness (QED) is 0.280. The molecule has 0 spiro atoms. The van der Waals surface area contributed by atoms with Gasteiger partial charge in [0.25, 0.3) is 0 Å². The molecule has 0 bridgehead atoms. The number of anilines is 2. The van der Waals surface area contributed by atoms with Gasteiger partial charge in [-0.3, -0.25) is 4.79 Å². The van der Waals surface area contributed by atoms with Crippen molar-refractivity contribution in [3.8, 4) is 5.75 Å². The number of hydrogen-bond acceptors (Lipinski definition) is 6. The normalized spacial score (nSPS) is 11.6. The van der Waals surface area contributed by atoms with Crippen molar-refractivity contribution in [2.75, 3.05) is 12.4 Å². The second kappa shape index (κ2) is 10.3. The highest BCUT2D eigenvalue weighted by Gasteiger charge is 2.30. The van der Waals surface area contributed by atoms with E-state index in [0.29, 0.717) is 31.6 Å². The first-order valence-electron chi connectivity index (χ1n) is 8.89. The highest BCUT2D eigenvalue weighted by molar-refractivity contribution is 9.10. The molecule has 0 aliphatic carbocycles. The molecule has 0 saturated carbocycles. The Morgan fingerprint density at radius 2 is 2.12 bits per heavy atom. The largest absolute Gasteiger partial charge is 0.495 e. The molecule has 0 fully saturated rings. The number of carbonyl (C=O) groups is 1. The number of hydrazone groups is 1. The molecule has 0 saturated heterocycles. The van der Waals surface area contributed by atoms with Gasteiger partial charge >= 0.3 is 6.18 Å². The first kappa shape index (κ1) is 24.0. The maximum Gasteiger partial charge on any atom is 0.416 e. The minimum atomic E-state index is -4.44. The maximum atomic E-state index is 12.8. The number of methoxy groups -OCH3 is 1. The number of alkyl halides is 3. The molecule has 2 aromatic carbocycles. The van der Waals surface area contributed by atoms with Crippen LogP contribution in [0.1, 0.15) is 16.8 Å². The summed E-state index contributed by atoms with van der Waals surface area (Å²) in [7, 11) is 1.50. The Bertz CT molecular complexity index is 1150. The van der Waals surface area contributed by atoms with Crippen LogP contribution in [0.5, 0.6) is 5.75 Å². The third-order valence-electron chi connectivity index (χ3n) is 3.97. The lowest BCUT2D eigenvalue weighted by molar-refractivity contribution is -0.137. The number of carbonyl (C=O) groups excluding carboxylic acids is 1. The molecular weight excluding hydrogens is 533 g/mol. The van der Waals surface area contributed by atoms with Gasteiger partial charge in [0.2, 0.25) is 5.91 Å². The average molecular weight is 548 g/mol. The van der Waals surface area contributed by atoms with E-state index in [0.717, 1.165) is 12.1 Å². The van der Waals surface area contributed by atoms with Crippen molar-refractivity contribution in [2.24, 2.45) is 5.10 Å². The summed E-state index contributed by atoms with van der Waals surface area (Å²) < 4.78 is 44.4. The van der Waals surface area contributed by atoms with Crippen molar-refractivity contribution in [1.82, 2.24) is 10.4 Å². The highest BCUT2D eigenvalue weighted by Crippen LogP contribution is 2.32. The molecule has 1 aromatic heterocycles. The Morgan fingerprint density at radius 3 is 2.84 bits per heavy atom. The second-order valence-corrected chi connectivity index (χ2v) is 8.48. The van der Waals surface area contributed by atoms with Crippen molar-refractivity contribution in [3.05, 3.63) is 68.1 Å². The summed E-state index contributed by atoms with van der Waals surface area (Å²) in [6.45, 7) is 0. The summed E-state index contributed by atoms with van der Waals surface area (Å²) in [5, 5.41) is 9.19. The van der Waals surface area contributed by atoms with E-state index >= 15 is 0 Å². The smallest absolute Gasteiger partial charge is 0.416 e. The third kappa shape index (κ3) is 6.44. The lowest BCUT2D eigenvalue weighted by Crippen LogP contribution is -2.20. The Morgan fingerprint density at radius 1 is 1.34 bits per heavy atom.